The predicted molar refractivity (Wildman–Crippen MR) is 74.0 cm³/mol. The van der Waals surface area contributed by atoms with Crippen LogP contribution < -0.4 is 5.32 Å². The maximum absolute atomic E-state index is 4.44. The molecule has 0 bridgehead atoms. The molecule has 0 spiro atoms. The van der Waals surface area contributed by atoms with Gasteiger partial charge in [-0.05, 0) is 30.9 Å². The molecule has 3 rings (SSSR count). The standard InChI is InChI=1S/C15H19N3/c1-12-6-5-9-14(12)17-15-16-10-11-18(15)13-7-3-2-4-8-13/h2-4,7-8,10-12,14H,5-6,9H2,1H3,(H,16,17). The first-order chi connectivity index (χ1) is 8.84. The molecular formula is C15H19N3. The minimum Gasteiger partial charge on any atom is -0.352 e. The van der Waals surface area contributed by atoms with Crippen molar-refractivity contribution in [2.45, 2.75) is 32.2 Å². The van der Waals surface area contributed by atoms with Gasteiger partial charge in [-0.3, -0.25) is 4.57 Å². The molecule has 0 saturated heterocycles. The minimum absolute atomic E-state index is 0.565. The van der Waals surface area contributed by atoms with Gasteiger partial charge in [0.2, 0.25) is 5.95 Å². The van der Waals surface area contributed by atoms with Crippen LogP contribution in [0, 0.1) is 5.92 Å². The van der Waals surface area contributed by atoms with Gasteiger partial charge in [-0.25, -0.2) is 4.98 Å². The van der Waals surface area contributed by atoms with Crippen molar-refractivity contribution in [3.8, 4) is 5.69 Å². The molecule has 2 atom stereocenters. The molecule has 2 unspecified atom stereocenters. The molecule has 1 fully saturated rings. The van der Waals surface area contributed by atoms with Crippen molar-refractivity contribution in [3.05, 3.63) is 42.7 Å². The number of aromatic nitrogens is 2. The second-order valence-electron chi connectivity index (χ2n) is 5.12. The summed E-state index contributed by atoms with van der Waals surface area (Å²) in [6.45, 7) is 2.32. The summed E-state index contributed by atoms with van der Waals surface area (Å²) in [6.07, 6.45) is 7.77. The zero-order valence-electron chi connectivity index (χ0n) is 10.7. The lowest BCUT2D eigenvalue weighted by molar-refractivity contribution is 0.552. The summed E-state index contributed by atoms with van der Waals surface area (Å²) in [5.74, 6) is 1.70. The van der Waals surface area contributed by atoms with Crippen LogP contribution in [0.3, 0.4) is 0 Å². The zero-order valence-corrected chi connectivity index (χ0v) is 10.7. The second kappa shape index (κ2) is 4.84. The van der Waals surface area contributed by atoms with Crippen LogP contribution in [0.4, 0.5) is 5.95 Å². The number of nitrogens with zero attached hydrogens (tertiary/aromatic N) is 2. The molecule has 1 aliphatic carbocycles. The molecule has 1 aromatic carbocycles. The van der Waals surface area contributed by atoms with Crippen LogP contribution in [-0.2, 0) is 0 Å². The number of imidazole rings is 1. The van der Waals surface area contributed by atoms with Crippen molar-refractivity contribution in [2.75, 3.05) is 5.32 Å². The monoisotopic (exact) mass is 241 g/mol. The lowest BCUT2D eigenvalue weighted by atomic mass is 10.1. The van der Waals surface area contributed by atoms with Crippen molar-refractivity contribution in [3.63, 3.8) is 0 Å². The normalized spacial score (nSPS) is 23.2. The summed E-state index contributed by atoms with van der Waals surface area (Å²) in [4.78, 5) is 4.44. The Morgan fingerprint density at radius 3 is 2.78 bits per heavy atom. The van der Waals surface area contributed by atoms with E-state index in [0.717, 1.165) is 17.6 Å². The van der Waals surface area contributed by atoms with Crippen molar-refractivity contribution >= 4 is 5.95 Å². The van der Waals surface area contributed by atoms with E-state index in [2.05, 4.69) is 46.1 Å². The van der Waals surface area contributed by atoms with E-state index in [1.807, 2.05) is 18.5 Å². The molecule has 2 aromatic rings. The quantitative estimate of drug-likeness (QED) is 0.891. The molecule has 1 N–H and O–H groups in total. The van der Waals surface area contributed by atoms with Crippen LogP contribution in [0.15, 0.2) is 42.7 Å². The highest BCUT2D eigenvalue weighted by Crippen LogP contribution is 2.28. The largest absolute Gasteiger partial charge is 0.352 e. The molecule has 1 aliphatic rings. The molecule has 3 nitrogen and oxygen atoms in total. The molecule has 0 radical (unpaired) electrons. The summed E-state index contributed by atoms with van der Waals surface area (Å²) in [5.41, 5.74) is 1.16. The van der Waals surface area contributed by atoms with E-state index >= 15 is 0 Å². The Morgan fingerprint density at radius 2 is 2.06 bits per heavy atom. The van der Waals surface area contributed by atoms with Gasteiger partial charge in [0.25, 0.3) is 0 Å². The SMILES string of the molecule is CC1CCCC1Nc1nccn1-c1ccccc1. The summed E-state index contributed by atoms with van der Waals surface area (Å²) in [7, 11) is 0. The maximum atomic E-state index is 4.44. The Bertz CT molecular complexity index is 503. The molecule has 94 valence electrons. The fourth-order valence-electron chi connectivity index (χ4n) is 2.73. The third-order valence-corrected chi connectivity index (χ3v) is 3.85. The van der Waals surface area contributed by atoms with Crippen molar-refractivity contribution in [2.24, 2.45) is 5.92 Å². The number of benzene rings is 1. The van der Waals surface area contributed by atoms with Gasteiger partial charge in [-0.2, -0.15) is 0 Å². The number of nitrogens with one attached hydrogen (secondary N) is 1. The number of hydrogen-bond acceptors (Lipinski definition) is 2. The lowest BCUT2D eigenvalue weighted by Gasteiger charge is -2.18. The summed E-state index contributed by atoms with van der Waals surface area (Å²) in [6, 6.07) is 10.9. The topological polar surface area (TPSA) is 29.9 Å². The fourth-order valence-corrected chi connectivity index (χ4v) is 2.73. The van der Waals surface area contributed by atoms with Gasteiger partial charge in [0.15, 0.2) is 0 Å². The third kappa shape index (κ3) is 2.13. The second-order valence-corrected chi connectivity index (χ2v) is 5.12. The summed E-state index contributed by atoms with van der Waals surface area (Å²) >= 11 is 0. The lowest BCUT2D eigenvalue weighted by Crippen LogP contribution is -2.23. The maximum Gasteiger partial charge on any atom is 0.207 e. The molecule has 0 aliphatic heterocycles. The average Bonchev–Trinajstić information content (AvgIpc) is 3.01. The van der Waals surface area contributed by atoms with Crippen LogP contribution in [0.5, 0.6) is 0 Å². The smallest absolute Gasteiger partial charge is 0.207 e. The average molecular weight is 241 g/mol. The number of hydrogen-bond donors (Lipinski definition) is 1. The van der Waals surface area contributed by atoms with Crippen LogP contribution in [-0.4, -0.2) is 15.6 Å². The highest BCUT2D eigenvalue weighted by molar-refractivity contribution is 5.42. The highest BCUT2D eigenvalue weighted by Gasteiger charge is 2.24. The van der Waals surface area contributed by atoms with Crippen molar-refractivity contribution in [1.82, 2.24) is 9.55 Å². The molecule has 1 aromatic heterocycles. The molecule has 0 amide bonds. The Kier molecular flexibility index (Phi) is 3.05. The fraction of sp³-hybridized carbons (Fsp3) is 0.400. The minimum atomic E-state index is 0.565. The first-order valence-corrected chi connectivity index (χ1v) is 6.70. The van der Waals surface area contributed by atoms with Gasteiger partial charge < -0.3 is 5.32 Å². The molecular weight excluding hydrogens is 222 g/mol. The van der Waals surface area contributed by atoms with Gasteiger partial charge in [-0.1, -0.05) is 31.5 Å². The Labute approximate surface area is 108 Å². The van der Waals surface area contributed by atoms with Crippen molar-refractivity contribution < 1.29 is 0 Å². The van der Waals surface area contributed by atoms with Gasteiger partial charge in [-0.15, -0.1) is 0 Å². The predicted octanol–water partition coefficient (Wildman–Crippen LogP) is 3.47. The van der Waals surface area contributed by atoms with Crippen LogP contribution in [0.2, 0.25) is 0 Å². The number of rotatable bonds is 3. The summed E-state index contributed by atoms with van der Waals surface area (Å²) in [5, 5.41) is 3.59. The first kappa shape index (κ1) is 11.3. The zero-order chi connectivity index (χ0) is 12.4. The Balaban J connectivity index is 1.84. The summed E-state index contributed by atoms with van der Waals surface area (Å²) < 4.78 is 2.12. The van der Waals surface area contributed by atoms with Gasteiger partial charge >= 0.3 is 0 Å². The van der Waals surface area contributed by atoms with E-state index in [0.29, 0.717) is 6.04 Å². The number of para-hydroxylation sites is 1. The van der Waals surface area contributed by atoms with Crippen LogP contribution in [0.1, 0.15) is 26.2 Å². The van der Waals surface area contributed by atoms with Gasteiger partial charge in [0.05, 0.1) is 0 Å². The van der Waals surface area contributed by atoms with E-state index in [1.165, 1.54) is 19.3 Å². The van der Waals surface area contributed by atoms with Crippen molar-refractivity contribution in [1.29, 1.82) is 0 Å². The van der Waals surface area contributed by atoms with Crippen LogP contribution >= 0.6 is 0 Å². The van der Waals surface area contributed by atoms with Gasteiger partial charge in [0.1, 0.15) is 0 Å². The molecule has 18 heavy (non-hydrogen) atoms. The molecule has 3 heteroatoms. The van der Waals surface area contributed by atoms with Gasteiger partial charge in [0, 0.05) is 24.1 Å². The molecule has 1 saturated carbocycles. The highest BCUT2D eigenvalue weighted by atomic mass is 15.2. The first-order valence-electron chi connectivity index (χ1n) is 6.70. The van der Waals surface area contributed by atoms with E-state index in [9.17, 15) is 0 Å². The molecule has 1 heterocycles. The van der Waals surface area contributed by atoms with E-state index in [-0.39, 0.29) is 0 Å². The van der Waals surface area contributed by atoms with Crippen LogP contribution in [0.25, 0.3) is 5.69 Å². The third-order valence-electron chi connectivity index (χ3n) is 3.85. The van der Waals surface area contributed by atoms with E-state index in [1.54, 1.807) is 0 Å². The Morgan fingerprint density at radius 1 is 1.22 bits per heavy atom. The Hall–Kier alpha value is -1.77. The van der Waals surface area contributed by atoms with E-state index < -0.39 is 0 Å². The van der Waals surface area contributed by atoms with E-state index in [4.69, 9.17) is 0 Å². The number of anilines is 1.